The zero-order chi connectivity index (χ0) is 12.3. The van der Waals surface area contributed by atoms with E-state index in [1.807, 2.05) is 7.05 Å². The van der Waals surface area contributed by atoms with Crippen molar-refractivity contribution in [2.45, 2.75) is 19.8 Å². The maximum Gasteiger partial charge on any atom is 0.271 e. The van der Waals surface area contributed by atoms with Crippen LogP contribution in [0.25, 0.3) is 0 Å². The summed E-state index contributed by atoms with van der Waals surface area (Å²) in [5.74, 6) is -0.0857. The molecule has 1 fully saturated rings. The molecule has 17 heavy (non-hydrogen) atoms. The highest BCUT2D eigenvalue weighted by Crippen LogP contribution is 2.24. The number of rotatable bonds is 3. The molecule has 5 heteroatoms. The molecule has 2 rings (SSSR count). The lowest BCUT2D eigenvalue weighted by Crippen LogP contribution is -2.45. The van der Waals surface area contributed by atoms with Gasteiger partial charge in [-0.15, -0.1) is 0 Å². The smallest absolute Gasteiger partial charge is 0.271 e. The molecule has 0 spiro atoms. The molecular weight excluding hydrogens is 216 g/mol. The number of piperidine rings is 1. The molecule has 1 amide bonds. The standard InChI is InChI=1S/C12H20N4O/c1-12(4-3-5-13-7-12)8-14-11(17)10-6-16(2)9-15-10/h6,9,13H,3-5,7-8H2,1-2H3,(H,14,17). The summed E-state index contributed by atoms with van der Waals surface area (Å²) in [5, 5.41) is 6.34. The minimum atomic E-state index is -0.0857. The highest BCUT2D eigenvalue weighted by Gasteiger charge is 2.27. The number of nitrogens with zero attached hydrogens (tertiary/aromatic N) is 2. The Bertz CT molecular complexity index is 393. The summed E-state index contributed by atoms with van der Waals surface area (Å²) in [4.78, 5) is 15.9. The van der Waals surface area contributed by atoms with Gasteiger partial charge in [-0.25, -0.2) is 4.98 Å². The molecule has 0 aliphatic carbocycles. The van der Waals surface area contributed by atoms with E-state index in [0.717, 1.165) is 19.5 Å². The molecule has 2 heterocycles. The fourth-order valence-corrected chi connectivity index (χ4v) is 2.18. The Morgan fingerprint density at radius 1 is 1.71 bits per heavy atom. The Balaban J connectivity index is 1.87. The van der Waals surface area contributed by atoms with Gasteiger partial charge in [0.2, 0.25) is 0 Å². The van der Waals surface area contributed by atoms with Crippen LogP contribution in [0.1, 0.15) is 30.3 Å². The number of carbonyl (C=O) groups is 1. The first-order valence-corrected chi connectivity index (χ1v) is 6.06. The molecule has 1 unspecified atom stereocenters. The van der Waals surface area contributed by atoms with E-state index in [2.05, 4.69) is 22.5 Å². The van der Waals surface area contributed by atoms with Crippen LogP contribution in [0.4, 0.5) is 0 Å². The van der Waals surface area contributed by atoms with Gasteiger partial charge in [-0.1, -0.05) is 6.92 Å². The third kappa shape index (κ3) is 3.06. The van der Waals surface area contributed by atoms with Crippen molar-refractivity contribution in [3.63, 3.8) is 0 Å². The molecule has 1 atom stereocenters. The van der Waals surface area contributed by atoms with Gasteiger partial charge in [-0.3, -0.25) is 4.79 Å². The minimum Gasteiger partial charge on any atom is -0.350 e. The van der Waals surface area contributed by atoms with Gasteiger partial charge in [0.25, 0.3) is 5.91 Å². The van der Waals surface area contributed by atoms with Gasteiger partial charge in [-0.05, 0) is 24.8 Å². The topological polar surface area (TPSA) is 59.0 Å². The van der Waals surface area contributed by atoms with Crippen LogP contribution in [0.5, 0.6) is 0 Å². The zero-order valence-corrected chi connectivity index (χ0v) is 10.5. The second kappa shape index (κ2) is 4.87. The van der Waals surface area contributed by atoms with Crippen LogP contribution in [0, 0.1) is 5.41 Å². The van der Waals surface area contributed by atoms with E-state index in [1.165, 1.54) is 6.42 Å². The van der Waals surface area contributed by atoms with E-state index in [0.29, 0.717) is 12.2 Å². The van der Waals surface area contributed by atoms with Crippen LogP contribution in [-0.4, -0.2) is 35.1 Å². The fourth-order valence-electron chi connectivity index (χ4n) is 2.18. The molecule has 1 saturated heterocycles. The van der Waals surface area contributed by atoms with E-state index < -0.39 is 0 Å². The molecule has 2 N–H and O–H groups in total. The first kappa shape index (κ1) is 12.1. The number of aryl methyl sites for hydroxylation is 1. The van der Waals surface area contributed by atoms with Crippen LogP contribution in [-0.2, 0) is 7.05 Å². The largest absolute Gasteiger partial charge is 0.350 e. The highest BCUT2D eigenvalue weighted by molar-refractivity contribution is 5.92. The monoisotopic (exact) mass is 236 g/mol. The summed E-state index contributed by atoms with van der Waals surface area (Å²) in [6.07, 6.45) is 5.70. The zero-order valence-electron chi connectivity index (χ0n) is 10.5. The van der Waals surface area contributed by atoms with Gasteiger partial charge in [0.1, 0.15) is 5.69 Å². The molecule has 5 nitrogen and oxygen atoms in total. The number of aromatic nitrogens is 2. The van der Waals surface area contributed by atoms with Crippen molar-refractivity contribution in [2.75, 3.05) is 19.6 Å². The lowest BCUT2D eigenvalue weighted by atomic mass is 9.83. The van der Waals surface area contributed by atoms with E-state index in [-0.39, 0.29) is 11.3 Å². The molecule has 1 aliphatic rings. The van der Waals surface area contributed by atoms with Gasteiger partial charge >= 0.3 is 0 Å². The van der Waals surface area contributed by atoms with Crippen LogP contribution in [0.15, 0.2) is 12.5 Å². The molecule has 0 aromatic carbocycles. The van der Waals surface area contributed by atoms with Crippen LogP contribution < -0.4 is 10.6 Å². The number of imidazole rings is 1. The second-order valence-electron chi connectivity index (χ2n) is 5.20. The third-order valence-corrected chi connectivity index (χ3v) is 3.30. The number of hydrogen-bond donors (Lipinski definition) is 2. The van der Waals surface area contributed by atoms with E-state index in [1.54, 1.807) is 17.1 Å². The Hall–Kier alpha value is -1.36. The quantitative estimate of drug-likeness (QED) is 0.805. The summed E-state index contributed by atoms with van der Waals surface area (Å²) in [6.45, 7) is 4.96. The average molecular weight is 236 g/mol. The Morgan fingerprint density at radius 2 is 2.53 bits per heavy atom. The van der Waals surface area contributed by atoms with Gasteiger partial charge < -0.3 is 15.2 Å². The van der Waals surface area contributed by atoms with Crippen molar-refractivity contribution in [2.24, 2.45) is 12.5 Å². The Labute approximate surface area is 102 Å². The van der Waals surface area contributed by atoms with Crippen molar-refractivity contribution in [3.8, 4) is 0 Å². The predicted octanol–water partition coefficient (Wildman–Crippen LogP) is 0.540. The van der Waals surface area contributed by atoms with Gasteiger partial charge in [0, 0.05) is 26.3 Å². The lowest BCUT2D eigenvalue weighted by Gasteiger charge is -2.34. The Morgan fingerprint density at radius 3 is 3.12 bits per heavy atom. The summed E-state index contributed by atoms with van der Waals surface area (Å²) >= 11 is 0. The van der Waals surface area contributed by atoms with Crippen LogP contribution in [0.2, 0.25) is 0 Å². The SMILES string of the molecule is Cn1cnc(C(=O)NCC2(C)CCCNC2)c1. The van der Waals surface area contributed by atoms with E-state index >= 15 is 0 Å². The van der Waals surface area contributed by atoms with Crippen molar-refractivity contribution in [3.05, 3.63) is 18.2 Å². The highest BCUT2D eigenvalue weighted by atomic mass is 16.1. The summed E-state index contributed by atoms with van der Waals surface area (Å²) < 4.78 is 1.78. The molecule has 1 aromatic heterocycles. The van der Waals surface area contributed by atoms with Crippen molar-refractivity contribution < 1.29 is 4.79 Å². The van der Waals surface area contributed by atoms with Crippen molar-refractivity contribution >= 4 is 5.91 Å². The first-order chi connectivity index (χ1) is 8.09. The number of hydrogen-bond acceptors (Lipinski definition) is 3. The number of carbonyl (C=O) groups excluding carboxylic acids is 1. The molecular formula is C12H20N4O. The van der Waals surface area contributed by atoms with Gasteiger partial charge in [0.15, 0.2) is 0 Å². The van der Waals surface area contributed by atoms with Gasteiger partial charge in [0.05, 0.1) is 6.33 Å². The first-order valence-electron chi connectivity index (χ1n) is 6.06. The number of amides is 1. The maximum atomic E-state index is 11.8. The summed E-state index contributed by atoms with van der Waals surface area (Å²) in [6, 6.07) is 0. The van der Waals surface area contributed by atoms with E-state index in [9.17, 15) is 4.79 Å². The normalized spacial score (nSPS) is 24.6. The predicted molar refractivity (Wildman–Crippen MR) is 65.8 cm³/mol. The van der Waals surface area contributed by atoms with Crippen LogP contribution >= 0.6 is 0 Å². The van der Waals surface area contributed by atoms with Crippen LogP contribution in [0.3, 0.4) is 0 Å². The molecule has 0 bridgehead atoms. The summed E-state index contributed by atoms with van der Waals surface area (Å²) in [5.41, 5.74) is 0.655. The van der Waals surface area contributed by atoms with E-state index in [4.69, 9.17) is 0 Å². The van der Waals surface area contributed by atoms with Crippen molar-refractivity contribution in [1.82, 2.24) is 20.2 Å². The minimum absolute atomic E-state index is 0.0857. The summed E-state index contributed by atoms with van der Waals surface area (Å²) in [7, 11) is 1.86. The lowest BCUT2D eigenvalue weighted by molar-refractivity contribution is 0.0920. The molecule has 0 radical (unpaired) electrons. The average Bonchev–Trinajstić information content (AvgIpc) is 2.74. The second-order valence-corrected chi connectivity index (χ2v) is 5.20. The Kier molecular flexibility index (Phi) is 3.47. The third-order valence-electron chi connectivity index (χ3n) is 3.30. The fraction of sp³-hybridized carbons (Fsp3) is 0.667. The molecule has 94 valence electrons. The maximum absolute atomic E-state index is 11.8. The van der Waals surface area contributed by atoms with Gasteiger partial charge in [-0.2, -0.15) is 0 Å². The molecule has 1 aromatic rings. The molecule has 0 saturated carbocycles. The number of nitrogens with one attached hydrogen (secondary N) is 2. The van der Waals surface area contributed by atoms with Crippen molar-refractivity contribution in [1.29, 1.82) is 0 Å². The molecule has 1 aliphatic heterocycles.